The van der Waals surface area contributed by atoms with Crippen LogP contribution in [0.1, 0.15) is 24.0 Å². The maximum Gasteiger partial charge on any atom is 0.122 e. The van der Waals surface area contributed by atoms with E-state index >= 15 is 0 Å². The molecular formula is C19H31N3O. The Morgan fingerprint density at radius 2 is 1.48 bits per heavy atom. The van der Waals surface area contributed by atoms with Gasteiger partial charge in [-0.15, -0.1) is 0 Å². The van der Waals surface area contributed by atoms with Gasteiger partial charge in [0.05, 0.1) is 7.11 Å². The van der Waals surface area contributed by atoms with Crippen LogP contribution in [0.15, 0.2) is 18.2 Å². The molecular weight excluding hydrogens is 286 g/mol. The van der Waals surface area contributed by atoms with Crippen LogP contribution >= 0.6 is 0 Å². The minimum absolute atomic E-state index is 1.01. The number of hydrogen-bond acceptors (Lipinski definition) is 4. The molecule has 23 heavy (non-hydrogen) atoms. The van der Waals surface area contributed by atoms with Crippen molar-refractivity contribution in [1.82, 2.24) is 14.7 Å². The fourth-order valence-corrected chi connectivity index (χ4v) is 3.68. The van der Waals surface area contributed by atoms with Crippen LogP contribution in [-0.2, 0) is 6.54 Å². The number of methoxy groups -OCH3 is 1. The molecule has 0 radical (unpaired) electrons. The first-order chi connectivity index (χ1) is 11.2. The second-order valence-electron chi connectivity index (χ2n) is 6.97. The predicted molar refractivity (Wildman–Crippen MR) is 95.1 cm³/mol. The number of likely N-dealkylation sites (tertiary alicyclic amines) is 1. The molecule has 4 nitrogen and oxygen atoms in total. The highest BCUT2D eigenvalue weighted by molar-refractivity contribution is 5.36. The zero-order chi connectivity index (χ0) is 16.1. The minimum atomic E-state index is 1.01. The number of aryl methyl sites for hydroxylation is 1. The Labute approximate surface area is 141 Å². The second-order valence-corrected chi connectivity index (χ2v) is 6.97. The summed E-state index contributed by atoms with van der Waals surface area (Å²) >= 11 is 0. The third kappa shape index (κ3) is 4.69. The normalized spacial score (nSPS) is 21.0. The van der Waals surface area contributed by atoms with E-state index < -0.39 is 0 Å². The summed E-state index contributed by atoms with van der Waals surface area (Å²) in [4.78, 5) is 7.81. The van der Waals surface area contributed by atoms with E-state index in [4.69, 9.17) is 4.74 Å². The maximum absolute atomic E-state index is 5.44. The smallest absolute Gasteiger partial charge is 0.122 e. The molecule has 0 aliphatic carbocycles. The number of benzene rings is 1. The van der Waals surface area contributed by atoms with Gasteiger partial charge in [-0.2, -0.15) is 0 Å². The van der Waals surface area contributed by atoms with E-state index in [1.165, 1.54) is 76.3 Å². The van der Waals surface area contributed by atoms with Crippen LogP contribution in [0, 0.1) is 6.92 Å². The summed E-state index contributed by atoms with van der Waals surface area (Å²) in [6.45, 7) is 13.0. The van der Waals surface area contributed by atoms with Crippen molar-refractivity contribution in [2.24, 2.45) is 0 Å². The average Bonchev–Trinajstić information content (AvgIpc) is 3.09. The van der Waals surface area contributed by atoms with E-state index in [9.17, 15) is 0 Å². The highest BCUT2D eigenvalue weighted by atomic mass is 16.5. The Bertz CT molecular complexity index is 491. The van der Waals surface area contributed by atoms with Gasteiger partial charge in [-0.05, 0) is 50.0 Å². The van der Waals surface area contributed by atoms with E-state index in [1.54, 1.807) is 7.11 Å². The maximum atomic E-state index is 5.44. The SMILES string of the molecule is COc1cc(CN2CCN(CCN3CCCC3)CC2)ccc1C. The topological polar surface area (TPSA) is 19.0 Å². The number of hydrogen-bond donors (Lipinski definition) is 0. The lowest BCUT2D eigenvalue weighted by Crippen LogP contribution is -2.47. The fourth-order valence-electron chi connectivity index (χ4n) is 3.68. The molecule has 0 bridgehead atoms. The average molecular weight is 317 g/mol. The molecule has 2 saturated heterocycles. The second kappa shape index (κ2) is 8.13. The molecule has 0 unspecified atom stereocenters. The Morgan fingerprint density at radius 1 is 0.870 bits per heavy atom. The lowest BCUT2D eigenvalue weighted by atomic mass is 10.1. The quantitative estimate of drug-likeness (QED) is 0.801. The van der Waals surface area contributed by atoms with E-state index in [2.05, 4.69) is 39.8 Å². The Morgan fingerprint density at radius 3 is 2.13 bits per heavy atom. The zero-order valence-electron chi connectivity index (χ0n) is 14.8. The monoisotopic (exact) mass is 317 g/mol. The largest absolute Gasteiger partial charge is 0.496 e. The van der Waals surface area contributed by atoms with Crippen molar-refractivity contribution in [3.05, 3.63) is 29.3 Å². The van der Waals surface area contributed by atoms with Crippen molar-refractivity contribution in [2.45, 2.75) is 26.3 Å². The summed E-state index contributed by atoms with van der Waals surface area (Å²) in [5.74, 6) is 1.01. The molecule has 2 fully saturated rings. The molecule has 1 aromatic carbocycles. The summed E-state index contributed by atoms with van der Waals surface area (Å²) in [5, 5.41) is 0. The summed E-state index contributed by atoms with van der Waals surface area (Å²) in [6.07, 6.45) is 2.79. The van der Waals surface area contributed by atoms with Crippen LogP contribution < -0.4 is 4.74 Å². The van der Waals surface area contributed by atoms with E-state index in [1.807, 2.05) is 0 Å². The molecule has 3 rings (SSSR count). The van der Waals surface area contributed by atoms with Crippen molar-refractivity contribution in [2.75, 3.05) is 59.5 Å². The van der Waals surface area contributed by atoms with Gasteiger partial charge in [0.2, 0.25) is 0 Å². The van der Waals surface area contributed by atoms with Crippen LogP contribution in [0.4, 0.5) is 0 Å². The first-order valence-corrected chi connectivity index (χ1v) is 9.05. The van der Waals surface area contributed by atoms with Gasteiger partial charge in [-0.3, -0.25) is 9.80 Å². The van der Waals surface area contributed by atoms with E-state index in [0.717, 1.165) is 12.3 Å². The van der Waals surface area contributed by atoms with Gasteiger partial charge >= 0.3 is 0 Å². The third-order valence-electron chi connectivity index (χ3n) is 5.27. The number of ether oxygens (including phenoxy) is 1. The lowest BCUT2D eigenvalue weighted by Gasteiger charge is -2.35. The Hall–Kier alpha value is -1.10. The van der Waals surface area contributed by atoms with Crippen molar-refractivity contribution in [1.29, 1.82) is 0 Å². The van der Waals surface area contributed by atoms with Crippen LogP contribution in [-0.4, -0.2) is 74.2 Å². The molecule has 0 spiro atoms. The van der Waals surface area contributed by atoms with Gasteiger partial charge in [-0.25, -0.2) is 0 Å². The molecule has 0 amide bonds. The Balaban J connectivity index is 1.42. The molecule has 2 aliphatic rings. The Kier molecular flexibility index (Phi) is 5.92. The molecule has 0 saturated carbocycles. The van der Waals surface area contributed by atoms with Crippen LogP contribution in [0.5, 0.6) is 5.75 Å². The number of rotatable bonds is 6. The highest BCUT2D eigenvalue weighted by Crippen LogP contribution is 2.20. The van der Waals surface area contributed by atoms with Crippen LogP contribution in [0.3, 0.4) is 0 Å². The molecule has 0 N–H and O–H groups in total. The first-order valence-electron chi connectivity index (χ1n) is 9.05. The van der Waals surface area contributed by atoms with Crippen LogP contribution in [0.2, 0.25) is 0 Å². The highest BCUT2D eigenvalue weighted by Gasteiger charge is 2.18. The summed E-state index contributed by atoms with van der Waals surface area (Å²) in [7, 11) is 1.76. The zero-order valence-corrected chi connectivity index (χ0v) is 14.8. The van der Waals surface area contributed by atoms with Crippen molar-refractivity contribution in [3.8, 4) is 5.75 Å². The molecule has 2 heterocycles. The van der Waals surface area contributed by atoms with Crippen molar-refractivity contribution in [3.63, 3.8) is 0 Å². The van der Waals surface area contributed by atoms with Gasteiger partial charge < -0.3 is 9.64 Å². The molecule has 128 valence electrons. The van der Waals surface area contributed by atoms with Gasteiger partial charge in [0, 0.05) is 45.8 Å². The molecule has 0 atom stereocenters. The van der Waals surface area contributed by atoms with Crippen LogP contribution in [0.25, 0.3) is 0 Å². The van der Waals surface area contributed by atoms with Gasteiger partial charge in [0.25, 0.3) is 0 Å². The summed E-state index contributed by atoms with van der Waals surface area (Å²) < 4.78 is 5.44. The molecule has 2 aliphatic heterocycles. The summed E-state index contributed by atoms with van der Waals surface area (Å²) in [6, 6.07) is 6.59. The lowest BCUT2D eigenvalue weighted by molar-refractivity contribution is 0.117. The van der Waals surface area contributed by atoms with Gasteiger partial charge in [-0.1, -0.05) is 12.1 Å². The number of nitrogens with zero attached hydrogens (tertiary/aromatic N) is 3. The van der Waals surface area contributed by atoms with Crippen molar-refractivity contribution < 1.29 is 4.74 Å². The predicted octanol–water partition coefficient (Wildman–Crippen LogP) is 2.22. The third-order valence-corrected chi connectivity index (χ3v) is 5.27. The first kappa shape index (κ1) is 16.7. The fraction of sp³-hybridized carbons (Fsp3) is 0.684. The standard InChI is InChI=1S/C19H31N3O/c1-17-5-6-18(15-19(17)23-2)16-22-13-11-21(12-14-22)10-9-20-7-3-4-8-20/h5-6,15H,3-4,7-14,16H2,1-2H3. The molecule has 0 aromatic heterocycles. The summed E-state index contributed by atoms with van der Waals surface area (Å²) in [5.41, 5.74) is 2.57. The van der Waals surface area contributed by atoms with E-state index in [0.29, 0.717) is 0 Å². The molecule has 4 heteroatoms. The van der Waals surface area contributed by atoms with Gasteiger partial charge in [0.1, 0.15) is 5.75 Å². The number of piperazine rings is 1. The minimum Gasteiger partial charge on any atom is -0.496 e. The van der Waals surface area contributed by atoms with Crippen molar-refractivity contribution >= 4 is 0 Å². The molecule has 1 aromatic rings. The van der Waals surface area contributed by atoms with E-state index in [-0.39, 0.29) is 0 Å². The van der Waals surface area contributed by atoms with Gasteiger partial charge in [0.15, 0.2) is 0 Å².